The number of carbonyl (C=O) groups excluding carboxylic acids is 1. The summed E-state index contributed by atoms with van der Waals surface area (Å²) in [5.74, 6) is -0.0338. The van der Waals surface area contributed by atoms with Crippen molar-refractivity contribution < 1.29 is 18.0 Å². The zero-order valence-corrected chi connectivity index (χ0v) is 12.2. The molecule has 0 aliphatic carbocycles. The molecule has 3 nitrogen and oxygen atoms in total. The van der Waals surface area contributed by atoms with Gasteiger partial charge in [-0.2, -0.15) is 13.2 Å². The number of piperidine rings is 1. The lowest BCUT2D eigenvalue weighted by molar-refractivity contribution is -0.161. The summed E-state index contributed by atoms with van der Waals surface area (Å²) in [4.78, 5) is 12.1. The second-order valence-corrected chi connectivity index (χ2v) is 5.53. The van der Waals surface area contributed by atoms with Gasteiger partial charge >= 0.3 is 6.18 Å². The van der Waals surface area contributed by atoms with Crippen LogP contribution >= 0.6 is 0 Å². The van der Waals surface area contributed by atoms with E-state index in [1.807, 2.05) is 6.92 Å². The quantitative estimate of drug-likeness (QED) is 0.790. The molecule has 0 aromatic rings. The summed E-state index contributed by atoms with van der Waals surface area (Å²) in [7, 11) is 0. The van der Waals surface area contributed by atoms with Crippen molar-refractivity contribution in [1.29, 1.82) is 0 Å². The molecule has 2 N–H and O–H groups in total. The van der Waals surface area contributed by atoms with Crippen molar-refractivity contribution in [3.63, 3.8) is 0 Å². The highest BCUT2D eigenvalue weighted by molar-refractivity contribution is 5.78. The topological polar surface area (TPSA) is 41.1 Å². The van der Waals surface area contributed by atoms with Gasteiger partial charge in [-0.15, -0.1) is 0 Å². The summed E-state index contributed by atoms with van der Waals surface area (Å²) in [5, 5.41) is 5.36. The molecule has 0 aromatic heterocycles. The van der Waals surface area contributed by atoms with Gasteiger partial charge in [-0.1, -0.05) is 26.7 Å². The highest BCUT2D eigenvalue weighted by Crippen LogP contribution is 2.26. The largest absolute Gasteiger partial charge is 0.403 e. The summed E-state index contributed by atoms with van der Waals surface area (Å²) in [5.41, 5.74) is 0. The molecule has 1 rings (SSSR count). The third-order valence-corrected chi connectivity index (χ3v) is 3.93. The highest BCUT2D eigenvalue weighted by atomic mass is 19.4. The van der Waals surface area contributed by atoms with Gasteiger partial charge in [-0.25, -0.2) is 0 Å². The third-order valence-electron chi connectivity index (χ3n) is 3.93. The van der Waals surface area contributed by atoms with Crippen LogP contribution in [0, 0.1) is 5.92 Å². The maximum absolute atomic E-state index is 12.5. The van der Waals surface area contributed by atoms with Gasteiger partial charge in [0.2, 0.25) is 5.91 Å². The SMILES string of the molecule is CCCCC(CC)C(=O)NC1CCC(C(F)(F)F)NC1. The smallest absolute Gasteiger partial charge is 0.352 e. The molecule has 0 spiro atoms. The van der Waals surface area contributed by atoms with Crippen LogP contribution in [0.25, 0.3) is 0 Å². The third kappa shape index (κ3) is 5.31. The zero-order chi connectivity index (χ0) is 15.2. The maximum atomic E-state index is 12.5. The summed E-state index contributed by atoms with van der Waals surface area (Å²) in [6, 6.07) is -1.62. The molecule has 0 bridgehead atoms. The van der Waals surface area contributed by atoms with Crippen molar-refractivity contribution in [2.45, 2.75) is 70.6 Å². The molecule has 1 heterocycles. The Morgan fingerprint density at radius 3 is 2.50 bits per heavy atom. The van der Waals surface area contributed by atoms with Gasteiger partial charge in [0.15, 0.2) is 0 Å². The van der Waals surface area contributed by atoms with Gasteiger partial charge in [0, 0.05) is 18.5 Å². The lowest BCUT2D eigenvalue weighted by Gasteiger charge is -2.32. The van der Waals surface area contributed by atoms with Crippen LogP contribution in [0.15, 0.2) is 0 Å². The molecule has 6 heteroatoms. The Balaban J connectivity index is 2.37. The Bertz CT molecular complexity index is 299. The average molecular weight is 294 g/mol. The van der Waals surface area contributed by atoms with Crippen molar-refractivity contribution in [2.24, 2.45) is 5.92 Å². The average Bonchev–Trinajstić information content (AvgIpc) is 2.39. The first-order valence-electron chi connectivity index (χ1n) is 7.48. The van der Waals surface area contributed by atoms with E-state index in [9.17, 15) is 18.0 Å². The molecule has 0 radical (unpaired) electrons. The van der Waals surface area contributed by atoms with Gasteiger partial charge < -0.3 is 10.6 Å². The normalized spacial score (nSPS) is 25.2. The van der Waals surface area contributed by atoms with Crippen LogP contribution in [0.1, 0.15) is 52.4 Å². The molecule has 0 saturated carbocycles. The van der Waals surface area contributed by atoms with Gasteiger partial charge in [-0.05, 0) is 25.7 Å². The van der Waals surface area contributed by atoms with E-state index in [4.69, 9.17) is 0 Å². The molecule has 1 aliphatic rings. The second-order valence-electron chi connectivity index (χ2n) is 5.53. The van der Waals surface area contributed by atoms with E-state index >= 15 is 0 Å². The molecular formula is C14H25F3N2O. The van der Waals surface area contributed by atoms with E-state index in [0.717, 1.165) is 25.7 Å². The number of nitrogens with one attached hydrogen (secondary N) is 2. The van der Waals surface area contributed by atoms with Crippen molar-refractivity contribution in [1.82, 2.24) is 10.6 Å². The van der Waals surface area contributed by atoms with Crippen molar-refractivity contribution >= 4 is 5.91 Å². The van der Waals surface area contributed by atoms with Gasteiger partial charge in [0.1, 0.15) is 6.04 Å². The molecule has 3 unspecified atom stereocenters. The first-order chi connectivity index (χ1) is 9.38. The van der Waals surface area contributed by atoms with E-state index in [1.165, 1.54) is 0 Å². The van der Waals surface area contributed by atoms with Crippen molar-refractivity contribution in [3.8, 4) is 0 Å². The zero-order valence-electron chi connectivity index (χ0n) is 12.2. The molecule has 3 atom stereocenters. The molecule has 1 aliphatic heterocycles. The lowest BCUT2D eigenvalue weighted by Crippen LogP contribution is -2.54. The number of carbonyl (C=O) groups is 1. The van der Waals surface area contributed by atoms with Crippen LogP contribution in [0.5, 0.6) is 0 Å². The van der Waals surface area contributed by atoms with E-state index in [1.54, 1.807) is 0 Å². The number of hydrogen-bond acceptors (Lipinski definition) is 2. The van der Waals surface area contributed by atoms with Crippen molar-refractivity contribution in [3.05, 3.63) is 0 Å². The Kier molecular flexibility index (Phi) is 6.79. The van der Waals surface area contributed by atoms with Crippen LogP contribution in [0.4, 0.5) is 13.2 Å². The van der Waals surface area contributed by atoms with Crippen LogP contribution in [0.3, 0.4) is 0 Å². The summed E-state index contributed by atoms with van der Waals surface area (Å²) in [6.07, 6.45) is -0.107. The summed E-state index contributed by atoms with van der Waals surface area (Å²) in [6.45, 7) is 4.24. The number of rotatable bonds is 6. The Morgan fingerprint density at radius 2 is 2.05 bits per heavy atom. The second kappa shape index (κ2) is 7.86. The van der Waals surface area contributed by atoms with Crippen LogP contribution in [-0.4, -0.2) is 30.7 Å². The first-order valence-corrected chi connectivity index (χ1v) is 7.48. The molecule has 0 aromatic carbocycles. The molecule has 20 heavy (non-hydrogen) atoms. The molecule has 1 saturated heterocycles. The van der Waals surface area contributed by atoms with Crippen LogP contribution in [0.2, 0.25) is 0 Å². The molecule has 118 valence electrons. The monoisotopic (exact) mass is 294 g/mol. The molecular weight excluding hydrogens is 269 g/mol. The molecule has 1 fully saturated rings. The highest BCUT2D eigenvalue weighted by Gasteiger charge is 2.41. The summed E-state index contributed by atoms with van der Waals surface area (Å²) < 4.78 is 37.5. The first kappa shape index (κ1) is 17.3. The van der Waals surface area contributed by atoms with Crippen molar-refractivity contribution in [2.75, 3.05) is 6.54 Å². The van der Waals surface area contributed by atoms with E-state index in [2.05, 4.69) is 17.6 Å². The number of halogens is 3. The fourth-order valence-corrected chi connectivity index (χ4v) is 2.55. The minimum atomic E-state index is -4.19. The van der Waals surface area contributed by atoms with Crippen LogP contribution in [-0.2, 0) is 4.79 Å². The Hall–Kier alpha value is -0.780. The summed E-state index contributed by atoms with van der Waals surface area (Å²) >= 11 is 0. The number of amides is 1. The standard InChI is InChI=1S/C14H25F3N2O/c1-3-5-6-10(4-2)13(20)19-11-7-8-12(18-9-11)14(15,16)17/h10-12,18H,3-9H2,1-2H3,(H,19,20). The number of unbranched alkanes of at least 4 members (excludes halogenated alkanes) is 1. The van der Waals surface area contributed by atoms with Gasteiger partial charge in [-0.3, -0.25) is 4.79 Å². The lowest BCUT2D eigenvalue weighted by atomic mass is 9.96. The predicted octanol–water partition coefficient (Wildman–Crippen LogP) is 3.00. The maximum Gasteiger partial charge on any atom is 0.403 e. The van der Waals surface area contributed by atoms with Gasteiger partial charge in [0.25, 0.3) is 0 Å². The van der Waals surface area contributed by atoms with E-state index < -0.39 is 12.2 Å². The van der Waals surface area contributed by atoms with E-state index in [-0.39, 0.29) is 30.8 Å². The molecule has 1 amide bonds. The minimum Gasteiger partial charge on any atom is -0.352 e. The van der Waals surface area contributed by atoms with Crippen LogP contribution < -0.4 is 10.6 Å². The number of hydrogen-bond donors (Lipinski definition) is 2. The predicted molar refractivity (Wildman–Crippen MR) is 72.3 cm³/mol. The Labute approximate surface area is 118 Å². The van der Waals surface area contributed by atoms with Gasteiger partial charge in [0.05, 0.1) is 0 Å². The Morgan fingerprint density at radius 1 is 1.35 bits per heavy atom. The van der Waals surface area contributed by atoms with E-state index in [0.29, 0.717) is 6.42 Å². The fourth-order valence-electron chi connectivity index (χ4n) is 2.55. The number of alkyl halides is 3. The fraction of sp³-hybridized carbons (Fsp3) is 0.929. The minimum absolute atomic E-state index is 0.0155.